The summed E-state index contributed by atoms with van der Waals surface area (Å²) in [7, 11) is 0. The van der Waals surface area contributed by atoms with Gasteiger partial charge in [0.25, 0.3) is 5.91 Å². The first kappa shape index (κ1) is 17.3. The Labute approximate surface area is 156 Å². The summed E-state index contributed by atoms with van der Waals surface area (Å²) in [5, 5.41) is 3.99. The fraction of sp³-hybridized carbons (Fsp3) is 0.368. The number of aromatic nitrogens is 5. The standard InChI is InChI=1S/C19H20N6O2/c1-12-18(13(2)27-24-12)16-8-15(22-11-23-16)7-14-3-6-25(10-14)19(26)17-9-20-4-5-21-17/h4-5,8-9,11,14H,3,6-7,10H2,1-2H3/t14-/m1/s1. The first-order valence-corrected chi connectivity index (χ1v) is 8.91. The Morgan fingerprint density at radius 2 is 2.15 bits per heavy atom. The Morgan fingerprint density at radius 1 is 1.26 bits per heavy atom. The molecule has 0 aromatic carbocycles. The maximum Gasteiger partial charge on any atom is 0.274 e. The third-order valence-electron chi connectivity index (χ3n) is 4.87. The van der Waals surface area contributed by atoms with E-state index < -0.39 is 0 Å². The van der Waals surface area contributed by atoms with Crippen molar-refractivity contribution < 1.29 is 9.32 Å². The number of carbonyl (C=O) groups excluding carboxylic acids is 1. The van der Waals surface area contributed by atoms with Crippen LogP contribution in [0, 0.1) is 19.8 Å². The van der Waals surface area contributed by atoms with Crippen LogP contribution in [0.25, 0.3) is 11.3 Å². The van der Waals surface area contributed by atoms with Crippen molar-refractivity contribution >= 4 is 5.91 Å². The summed E-state index contributed by atoms with van der Waals surface area (Å²) in [5.41, 5.74) is 3.91. The molecule has 1 fully saturated rings. The van der Waals surface area contributed by atoms with Crippen molar-refractivity contribution in [3.05, 3.63) is 53.8 Å². The molecular weight excluding hydrogens is 344 g/mol. The van der Waals surface area contributed by atoms with Gasteiger partial charge in [-0.15, -0.1) is 0 Å². The number of rotatable bonds is 4. The van der Waals surface area contributed by atoms with Gasteiger partial charge in [0.1, 0.15) is 17.8 Å². The number of carbonyl (C=O) groups is 1. The molecule has 3 aromatic rings. The van der Waals surface area contributed by atoms with Crippen LogP contribution in [0.1, 0.15) is 34.1 Å². The molecule has 1 saturated heterocycles. The van der Waals surface area contributed by atoms with Crippen LogP contribution < -0.4 is 0 Å². The van der Waals surface area contributed by atoms with Gasteiger partial charge in [-0.3, -0.25) is 9.78 Å². The smallest absolute Gasteiger partial charge is 0.274 e. The average Bonchev–Trinajstić information content (AvgIpc) is 3.28. The van der Waals surface area contributed by atoms with Gasteiger partial charge in [0.15, 0.2) is 0 Å². The van der Waals surface area contributed by atoms with Gasteiger partial charge in [0.2, 0.25) is 0 Å². The molecule has 0 aliphatic carbocycles. The van der Waals surface area contributed by atoms with E-state index in [1.165, 1.54) is 12.4 Å². The van der Waals surface area contributed by atoms with Crippen LogP contribution >= 0.6 is 0 Å². The second-order valence-corrected chi connectivity index (χ2v) is 6.79. The molecule has 0 unspecified atom stereocenters. The van der Waals surface area contributed by atoms with Crippen LogP contribution in [0.15, 0.2) is 35.5 Å². The zero-order valence-corrected chi connectivity index (χ0v) is 15.3. The van der Waals surface area contributed by atoms with Crippen LogP contribution in [-0.4, -0.2) is 49.0 Å². The maximum absolute atomic E-state index is 12.5. The van der Waals surface area contributed by atoms with Gasteiger partial charge in [-0.1, -0.05) is 5.16 Å². The molecule has 0 N–H and O–H groups in total. The van der Waals surface area contributed by atoms with E-state index in [4.69, 9.17) is 4.52 Å². The highest BCUT2D eigenvalue weighted by molar-refractivity contribution is 5.92. The van der Waals surface area contributed by atoms with E-state index in [1.54, 1.807) is 12.5 Å². The van der Waals surface area contributed by atoms with Crippen LogP contribution in [-0.2, 0) is 6.42 Å². The van der Waals surface area contributed by atoms with Crippen LogP contribution in [0.3, 0.4) is 0 Å². The molecule has 27 heavy (non-hydrogen) atoms. The molecule has 138 valence electrons. The third kappa shape index (κ3) is 3.55. The highest BCUT2D eigenvalue weighted by atomic mass is 16.5. The van der Waals surface area contributed by atoms with Crippen molar-refractivity contribution in [3.8, 4) is 11.3 Å². The molecular formula is C19H20N6O2. The zero-order valence-electron chi connectivity index (χ0n) is 15.3. The fourth-order valence-electron chi connectivity index (χ4n) is 3.55. The minimum Gasteiger partial charge on any atom is -0.361 e. The van der Waals surface area contributed by atoms with E-state index in [0.717, 1.165) is 47.8 Å². The highest BCUT2D eigenvalue weighted by Gasteiger charge is 2.28. The minimum absolute atomic E-state index is 0.0651. The quantitative estimate of drug-likeness (QED) is 0.700. The molecule has 4 heterocycles. The Balaban J connectivity index is 1.45. The number of hydrogen-bond acceptors (Lipinski definition) is 7. The second-order valence-electron chi connectivity index (χ2n) is 6.79. The molecule has 1 amide bonds. The van der Waals surface area contributed by atoms with Gasteiger partial charge in [0.05, 0.1) is 23.1 Å². The summed E-state index contributed by atoms with van der Waals surface area (Å²) in [5.74, 6) is 1.04. The molecule has 8 nitrogen and oxygen atoms in total. The molecule has 1 aliphatic heterocycles. The van der Waals surface area contributed by atoms with Crippen molar-refractivity contribution in [1.82, 2.24) is 30.0 Å². The van der Waals surface area contributed by atoms with Crippen molar-refractivity contribution in [2.75, 3.05) is 13.1 Å². The van der Waals surface area contributed by atoms with E-state index in [1.807, 2.05) is 24.8 Å². The highest BCUT2D eigenvalue weighted by Crippen LogP contribution is 2.27. The number of likely N-dealkylation sites (tertiary alicyclic amines) is 1. The van der Waals surface area contributed by atoms with Gasteiger partial charge in [-0.2, -0.15) is 0 Å². The normalized spacial score (nSPS) is 16.7. The van der Waals surface area contributed by atoms with Gasteiger partial charge in [0, 0.05) is 31.2 Å². The lowest BCUT2D eigenvalue weighted by Gasteiger charge is -2.15. The third-order valence-corrected chi connectivity index (χ3v) is 4.87. The lowest BCUT2D eigenvalue weighted by molar-refractivity contribution is 0.0780. The first-order valence-electron chi connectivity index (χ1n) is 8.91. The summed E-state index contributed by atoms with van der Waals surface area (Å²) in [6.45, 7) is 5.20. The first-order chi connectivity index (χ1) is 13.1. The van der Waals surface area contributed by atoms with E-state index in [-0.39, 0.29) is 5.91 Å². The monoisotopic (exact) mass is 364 g/mol. The molecule has 0 saturated carbocycles. The van der Waals surface area contributed by atoms with Crippen molar-refractivity contribution in [3.63, 3.8) is 0 Å². The van der Waals surface area contributed by atoms with Crippen LogP contribution in [0.5, 0.6) is 0 Å². The molecule has 1 aliphatic rings. The summed E-state index contributed by atoms with van der Waals surface area (Å²) >= 11 is 0. The largest absolute Gasteiger partial charge is 0.361 e. The summed E-state index contributed by atoms with van der Waals surface area (Å²) < 4.78 is 5.24. The van der Waals surface area contributed by atoms with Crippen molar-refractivity contribution in [1.29, 1.82) is 0 Å². The predicted molar refractivity (Wildman–Crippen MR) is 96.7 cm³/mol. The molecule has 0 radical (unpaired) electrons. The summed E-state index contributed by atoms with van der Waals surface area (Å²) in [6, 6.07) is 1.99. The molecule has 0 spiro atoms. The van der Waals surface area contributed by atoms with Crippen LogP contribution in [0.4, 0.5) is 0 Å². The van der Waals surface area contributed by atoms with Gasteiger partial charge in [-0.25, -0.2) is 15.0 Å². The Bertz CT molecular complexity index is 936. The van der Waals surface area contributed by atoms with Gasteiger partial charge in [-0.05, 0) is 38.7 Å². The lowest BCUT2D eigenvalue weighted by Crippen LogP contribution is -2.29. The summed E-state index contributed by atoms with van der Waals surface area (Å²) in [4.78, 5) is 31.2. The average molecular weight is 364 g/mol. The van der Waals surface area contributed by atoms with E-state index >= 15 is 0 Å². The number of amides is 1. The second kappa shape index (κ2) is 7.22. The minimum atomic E-state index is -0.0651. The molecule has 3 aromatic heterocycles. The number of aryl methyl sites for hydroxylation is 2. The van der Waals surface area contributed by atoms with Gasteiger partial charge >= 0.3 is 0 Å². The molecule has 0 bridgehead atoms. The lowest BCUT2D eigenvalue weighted by atomic mass is 10.0. The Morgan fingerprint density at radius 3 is 2.89 bits per heavy atom. The Hall–Kier alpha value is -3.16. The van der Waals surface area contributed by atoms with Crippen molar-refractivity contribution in [2.45, 2.75) is 26.7 Å². The summed E-state index contributed by atoms with van der Waals surface area (Å²) in [6.07, 6.45) is 7.93. The predicted octanol–water partition coefficient (Wildman–Crippen LogP) is 2.24. The van der Waals surface area contributed by atoms with E-state index in [0.29, 0.717) is 18.2 Å². The van der Waals surface area contributed by atoms with E-state index in [9.17, 15) is 4.79 Å². The fourth-order valence-corrected chi connectivity index (χ4v) is 3.55. The van der Waals surface area contributed by atoms with Crippen molar-refractivity contribution in [2.24, 2.45) is 5.92 Å². The molecule has 4 rings (SSSR count). The SMILES string of the molecule is Cc1noc(C)c1-c1cc(C[C@H]2CCN(C(=O)c3cnccn3)C2)ncn1. The topological polar surface area (TPSA) is 97.9 Å². The van der Waals surface area contributed by atoms with Gasteiger partial charge < -0.3 is 9.42 Å². The van der Waals surface area contributed by atoms with E-state index in [2.05, 4.69) is 25.1 Å². The number of nitrogens with zero attached hydrogens (tertiary/aromatic N) is 6. The van der Waals surface area contributed by atoms with Crippen LogP contribution in [0.2, 0.25) is 0 Å². The zero-order chi connectivity index (χ0) is 18.8. The molecule has 8 heteroatoms. The molecule has 1 atom stereocenters. The Kier molecular flexibility index (Phi) is 4.62. The maximum atomic E-state index is 12.5. The number of hydrogen-bond donors (Lipinski definition) is 0.